The van der Waals surface area contributed by atoms with Crippen LogP contribution in [0.2, 0.25) is 0 Å². The molecule has 5 rings (SSSR count). The predicted octanol–water partition coefficient (Wildman–Crippen LogP) is 9.56. The topological polar surface area (TPSA) is 11.3 Å². The minimum Gasteiger partial charge on any atom is -0.206 e. The molecule has 1 nitrogen and oxygen atoms in total. The summed E-state index contributed by atoms with van der Waals surface area (Å²) in [5.74, 6) is 2.30. The van der Waals surface area contributed by atoms with Gasteiger partial charge in [-0.15, -0.1) is 0 Å². The van der Waals surface area contributed by atoms with E-state index in [1.807, 2.05) is 0 Å². The van der Waals surface area contributed by atoms with Gasteiger partial charge in [0.05, 0.1) is 22.3 Å². The molecule has 2 aliphatic rings. The molecule has 0 amide bonds. The summed E-state index contributed by atoms with van der Waals surface area (Å²) in [5, 5.41) is 0. The van der Waals surface area contributed by atoms with Crippen molar-refractivity contribution in [1.82, 2.24) is 0 Å². The van der Waals surface area contributed by atoms with Crippen LogP contribution in [-0.4, -0.2) is 0 Å². The van der Waals surface area contributed by atoms with Crippen LogP contribution in [0, 0.1) is 0 Å². The molecule has 178 valence electrons. The molecular weight excluding hydrogens is 412 g/mol. The normalized spacial score (nSPS) is 13.7. The smallest absolute Gasteiger partial charge is 0.206 e. The van der Waals surface area contributed by atoms with Crippen LogP contribution in [0.5, 0.6) is 0 Å². The van der Waals surface area contributed by atoms with Crippen LogP contribution in [0.1, 0.15) is 98.9 Å². The van der Waals surface area contributed by atoms with Crippen molar-refractivity contribution in [3.05, 3.63) is 76.3 Å². The molecule has 0 saturated carbocycles. The van der Waals surface area contributed by atoms with Crippen molar-refractivity contribution in [2.45, 2.75) is 103 Å². The highest BCUT2D eigenvalue weighted by Gasteiger charge is 2.37. The molecule has 0 aliphatic heterocycles. The highest BCUT2D eigenvalue weighted by Crippen LogP contribution is 2.44. The maximum Gasteiger partial charge on any atom is 0.364 e. The molecule has 34 heavy (non-hydrogen) atoms. The van der Waals surface area contributed by atoms with Crippen molar-refractivity contribution in [3.63, 3.8) is 0 Å². The van der Waals surface area contributed by atoms with Gasteiger partial charge < -0.3 is 0 Å². The highest BCUT2D eigenvalue weighted by atomic mass is 16.3. The Morgan fingerprint density at radius 2 is 1.03 bits per heavy atom. The van der Waals surface area contributed by atoms with E-state index in [2.05, 4.69) is 55.5 Å². The Labute approximate surface area is 206 Å². The lowest BCUT2D eigenvalue weighted by Crippen LogP contribution is -2.14. The summed E-state index contributed by atoms with van der Waals surface area (Å²) in [5.41, 5.74) is 10.2. The molecule has 1 aromatic heterocycles. The van der Waals surface area contributed by atoms with E-state index in [-0.39, 0.29) is 0 Å². The second-order valence-electron chi connectivity index (χ2n) is 10.4. The Hall–Kier alpha value is -2.41. The first-order valence-electron chi connectivity index (χ1n) is 14.0. The molecule has 0 atom stereocenters. The maximum absolute atomic E-state index is 6.82. The van der Waals surface area contributed by atoms with Gasteiger partial charge >= 0.3 is 11.5 Å². The van der Waals surface area contributed by atoms with Gasteiger partial charge in [-0.1, -0.05) is 101 Å². The third-order valence-electron chi connectivity index (χ3n) is 8.07. The van der Waals surface area contributed by atoms with Crippen molar-refractivity contribution < 1.29 is 4.42 Å². The molecule has 1 heterocycles. The van der Waals surface area contributed by atoms with Crippen LogP contribution in [-0.2, 0) is 32.1 Å². The highest BCUT2D eigenvalue weighted by molar-refractivity contribution is 5.76. The van der Waals surface area contributed by atoms with Crippen molar-refractivity contribution >= 4 is 0 Å². The van der Waals surface area contributed by atoms with Crippen LogP contribution < -0.4 is 0 Å². The van der Waals surface area contributed by atoms with E-state index in [1.54, 1.807) is 5.56 Å². The minimum absolute atomic E-state index is 1.12. The molecule has 3 aromatic rings. The van der Waals surface area contributed by atoms with Gasteiger partial charge in [0.15, 0.2) is 0 Å². The Morgan fingerprint density at radius 3 is 1.56 bits per heavy atom. The molecule has 1 heteroatoms. The van der Waals surface area contributed by atoms with Gasteiger partial charge in [-0.3, -0.25) is 0 Å². The lowest BCUT2D eigenvalue weighted by Gasteiger charge is -2.22. The Balaban J connectivity index is 1.33. The zero-order chi connectivity index (χ0) is 23.2. The van der Waals surface area contributed by atoms with Gasteiger partial charge in [-0.05, 0) is 67.3 Å². The first-order valence-corrected chi connectivity index (χ1v) is 14.0. The van der Waals surface area contributed by atoms with Crippen molar-refractivity contribution in [2.24, 2.45) is 0 Å². The summed E-state index contributed by atoms with van der Waals surface area (Å²) >= 11 is 0. The van der Waals surface area contributed by atoms with E-state index in [0.29, 0.717) is 0 Å². The fraction of sp³-hybridized carbons (Fsp3) is 0.485. The Morgan fingerprint density at radius 1 is 0.559 bits per heavy atom. The average molecular weight is 454 g/mol. The quantitative estimate of drug-likeness (QED) is 0.208. The third kappa shape index (κ3) is 4.99. The molecule has 0 fully saturated rings. The molecule has 2 aliphatic carbocycles. The third-order valence-corrected chi connectivity index (χ3v) is 8.07. The first kappa shape index (κ1) is 23.3. The number of benzene rings is 2. The zero-order valence-electron chi connectivity index (χ0n) is 21.1. The molecule has 0 unspecified atom stereocenters. The second kappa shape index (κ2) is 11.3. The first-order chi connectivity index (χ1) is 16.9. The number of hydrogen-bond donors (Lipinski definition) is 0. The fourth-order valence-corrected chi connectivity index (χ4v) is 6.18. The minimum atomic E-state index is 1.12. The molecule has 0 spiro atoms. The van der Waals surface area contributed by atoms with Crippen LogP contribution in [0.4, 0.5) is 0 Å². The van der Waals surface area contributed by atoms with E-state index in [4.69, 9.17) is 4.42 Å². The van der Waals surface area contributed by atoms with Crippen molar-refractivity contribution in [1.29, 1.82) is 0 Å². The maximum atomic E-state index is 6.82. The summed E-state index contributed by atoms with van der Waals surface area (Å²) in [6.07, 6.45) is 19.7. The second-order valence-corrected chi connectivity index (χ2v) is 10.4. The van der Waals surface area contributed by atoms with Gasteiger partial charge in [0.2, 0.25) is 0 Å². The fourth-order valence-electron chi connectivity index (χ4n) is 6.18. The summed E-state index contributed by atoms with van der Waals surface area (Å²) in [6.45, 7) is 2.30. The van der Waals surface area contributed by atoms with Crippen LogP contribution in [0.3, 0.4) is 0 Å². The molecular formula is C33H41O+. The largest absolute Gasteiger partial charge is 0.364 e. The van der Waals surface area contributed by atoms with E-state index in [9.17, 15) is 0 Å². The Bertz CT molecular complexity index is 1040. The lowest BCUT2D eigenvalue weighted by atomic mass is 9.80. The number of rotatable bonds is 11. The zero-order valence-corrected chi connectivity index (χ0v) is 21.1. The summed E-state index contributed by atoms with van der Waals surface area (Å²) in [7, 11) is 0. The SMILES string of the molecule is CCCCCCCCCCCCc1c2c([o+]c3c1CCc1ccccc1-3)-c1ccccc1CC2. The lowest BCUT2D eigenvalue weighted by molar-refractivity contribution is 0.541. The van der Waals surface area contributed by atoms with Gasteiger partial charge in [-0.2, -0.15) is 0 Å². The van der Waals surface area contributed by atoms with E-state index < -0.39 is 0 Å². The van der Waals surface area contributed by atoms with Crippen LogP contribution in [0.25, 0.3) is 22.6 Å². The molecule has 0 bridgehead atoms. The van der Waals surface area contributed by atoms with E-state index in [1.165, 1.54) is 104 Å². The van der Waals surface area contributed by atoms with E-state index >= 15 is 0 Å². The molecule has 0 saturated heterocycles. The molecule has 2 aromatic carbocycles. The molecule has 0 radical (unpaired) electrons. The summed E-state index contributed by atoms with van der Waals surface area (Å²) in [4.78, 5) is 0. The van der Waals surface area contributed by atoms with Gasteiger partial charge in [-0.25, -0.2) is 4.42 Å². The van der Waals surface area contributed by atoms with Crippen molar-refractivity contribution in [2.75, 3.05) is 0 Å². The Kier molecular flexibility index (Phi) is 7.79. The van der Waals surface area contributed by atoms with Gasteiger partial charge in [0, 0.05) is 0 Å². The average Bonchev–Trinajstić information content (AvgIpc) is 2.89. The van der Waals surface area contributed by atoms with Crippen LogP contribution in [0.15, 0.2) is 52.9 Å². The monoisotopic (exact) mass is 453 g/mol. The van der Waals surface area contributed by atoms with Gasteiger partial charge in [0.25, 0.3) is 0 Å². The van der Waals surface area contributed by atoms with Gasteiger partial charge in [0.1, 0.15) is 0 Å². The summed E-state index contributed by atoms with van der Waals surface area (Å²) in [6, 6.07) is 17.8. The number of hydrogen-bond acceptors (Lipinski definition) is 0. The summed E-state index contributed by atoms with van der Waals surface area (Å²) < 4.78 is 6.82. The number of aryl methyl sites for hydroxylation is 2. The predicted molar refractivity (Wildman–Crippen MR) is 144 cm³/mol. The van der Waals surface area contributed by atoms with Crippen LogP contribution >= 0.6 is 0 Å². The number of fused-ring (bicyclic) bond motifs is 6. The standard InChI is InChI=1S/C33H41O/c1-2-3-4-5-6-7-8-9-10-11-20-29-30-23-21-25-16-12-14-18-27(25)32(30)34-33-28-19-15-13-17-26(28)22-24-31(29)33/h12-19H,2-11,20-24H2,1H3/q+1. The van der Waals surface area contributed by atoms with E-state index in [0.717, 1.165) is 37.2 Å². The molecule has 0 N–H and O–H groups in total. The number of unbranched alkanes of at least 4 members (excludes halogenated alkanes) is 9. The van der Waals surface area contributed by atoms with Crippen molar-refractivity contribution in [3.8, 4) is 22.6 Å².